The molecule has 0 aliphatic carbocycles. The highest BCUT2D eigenvalue weighted by Gasteiger charge is 2.11. The first-order valence-electron chi connectivity index (χ1n) is 7.50. The van der Waals surface area contributed by atoms with Crippen LogP contribution in [-0.2, 0) is 17.8 Å². The highest BCUT2D eigenvalue weighted by atomic mass is 16.5. The molecule has 1 amide bonds. The molecule has 1 N–H and O–H groups in total. The van der Waals surface area contributed by atoms with E-state index in [0.717, 1.165) is 5.56 Å². The fraction of sp³-hybridized carbons (Fsp3) is 0.235. The van der Waals surface area contributed by atoms with E-state index in [1.807, 2.05) is 24.3 Å². The predicted molar refractivity (Wildman–Crippen MR) is 85.2 cm³/mol. The second-order valence-corrected chi connectivity index (χ2v) is 5.09. The number of furan rings is 1. The van der Waals surface area contributed by atoms with Crippen LogP contribution < -0.4 is 10.1 Å². The van der Waals surface area contributed by atoms with E-state index in [4.69, 9.17) is 13.6 Å². The Morgan fingerprint density at radius 2 is 2.17 bits per heavy atom. The first-order chi connectivity index (χ1) is 11.7. The Labute approximate surface area is 138 Å². The number of methoxy groups -OCH3 is 1. The highest BCUT2D eigenvalue weighted by molar-refractivity contribution is 5.75. The van der Waals surface area contributed by atoms with Crippen molar-refractivity contribution in [2.24, 2.45) is 0 Å². The lowest BCUT2D eigenvalue weighted by molar-refractivity contribution is -0.121. The number of aryl methyl sites for hydroxylation is 1. The molecule has 0 saturated carbocycles. The lowest BCUT2D eigenvalue weighted by atomic mass is 10.2. The zero-order valence-electron chi connectivity index (χ0n) is 13.2. The number of carbonyl (C=O) groups excluding carboxylic acids is 1. The van der Waals surface area contributed by atoms with Crippen molar-refractivity contribution in [3.05, 3.63) is 54.3 Å². The summed E-state index contributed by atoms with van der Waals surface area (Å²) in [6.45, 7) is 0.366. The molecule has 1 aromatic carbocycles. The number of nitrogens with zero attached hydrogens (tertiary/aromatic N) is 2. The van der Waals surface area contributed by atoms with Crippen molar-refractivity contribution in [1.82, 2.24) is 15.5 Å². The third-order valence-electron chi connectivity index (χ3n) is 3.39. The minimum Gasteiger partial charge on any atom is -0.497 e. The van der Waals surface area contributed by atoms with E-state index in [1.165, 1.54) is 0 Å². The summed E-state index contributed by atoms with van der Waals surface area (Å²) in [4.78, 5) is 11.8. The van der Waals surface area contributed by atoms with Crippen molar-refractivity contribution in [1.29, 1.82) is 0 Å². The molecule has 24 heavy (non-hydrogen) atoms. The fourth-order valence-corrected chi connectivity index (χ4v) is 2.14. The summed E-state index contributed by atoms with van der Waals surface area (Å²) in [6, 6.07) is 10.9. The average Bonchev–Trinajstić information content (AvgIpc) is 3.30. The molecule has 0 aliphatic heterocycles. The molecule has 0 bridgehead atoms. The van der Waals surface area contributed by atoms with Crippen LogP contribution in [0.5, 0.6) is 5.75 Å². The summed E-state index contributed by atoms with van der Waals surface area (Å²) in [6.07, 6.45) is 2.21. The number of hydrogen-bond donors (Lipinski definition) is 1. The molecule has 2 aromatic heterocycles. The maximum absolute atomic E-state index is 11.8. The summed E-state index contributed by atoms with van der Waals surface area (Å²) in [5.74, 6) is 2.14. The maximum Gasteiger partial charge on any atom is 0.247 e. The molecule has 0 fully saturated rings. The minimum absolute atomic E-state index is 0.104. The van der Waals surface area contributed by atoms with Crippen LogP contribution in [0.3, 0.4) is 0 Å². The van der Waals surface area contributed by atoms with Gasteiger partial charge in [0.15, 0.2) is 0 Å². The van der Waals surface area contributed by atoms with Gasteiger partial charge in [-0.25, -0.2) is 0 Å². The van der Waals surface area contributed by atoms with Crippen molar-refractivity contribution in [3.8, 4) is 17.2 Å². The van der Waals surface area contributed by atoms with Gasteiger partial charge in [0.05, 0.1) is 19.9 Å². The van der Waals surface area contributed by atoms with Gasteiger partial charge in [-0.1, -0.05) is 6.07 Å². The topological polar surface area (TPSA) is 90.4 Å². The molecular formula is C17H17N3O4. The van der Waals surface area contributed by atoms with E-state index >= 15 is 0 Å². The molecule has 0 spiro atoms. The van der Waals surface area contributed by atoms with Crippen molar-refractivity contribution < 1.29 is 18.4 Å². The normalized spacial score (nSPS) is 10.5. The Balaban J connectivity index is 1.53. The van der Waals surface area contributed by atoms with Gasteiger partial charge in [-0.3, -0.25) is 4.79 Å². The third-order valence-corrected chi connectivity index (χ3v) is 3.39. The van der Waals surface area contributed by atoms with Gasteiger partial charge >= 0.3 is 0 Å². The molecule has 0 radical (unpaired) electrons. The van der Waals surface area contributed by atoms with Crippen LogP contribution in [0.4, 0.5) is 0 Å². The zero-order valence-corrected chi connectivity index (χ0v) is 13.2. The molecule has 3 aromatic rings. The van der Waals surface area contributed by atoms with E-state index in [-0.39, 0.29) is 12.3 Å². The molecule has 3 rings (SSSR count). The van der Waals surface area contributed by atoms with Crippen molar-refractivity contribution in [2.45, 2.75) is 19.4 Å². The van der Waals surface area contributed by atoms with E-state index in [1.54, 1.807) is 25.5 Å². The van der Waals surface area contributed by atoms with E-state index < -0.39 is 0 Å². The van der Waals surface area contributed by atoms with Gasteiger partial charge in [0.1, 0.15) is 11.5 Å². The van der Waals surface area contributed by atoms with Crippen molar-refractivity contribution in [3.63, 3.8) is 0 Å². The van der Waals surface area contributed by atoms with Crippen LogP contribution in [0.2, 0.25) is 0 Å². The lowest BCUT2D eigenvalue weighted by Gasteiger charge is -2.01. The number of carbonyl (C=O) groups is 1. The summed E-state index contributed by atoms with van der Waals surface area (Å²) < 4.78 is 15.9. The molecule has 7 heteroatoms. The Morgan fingerprint density at radius 3 is 2.96 bits per heavy atom. The number of benzene rings is 1. The van der Waals surface area contributed by atoms with Gasteiger partial charge in [-0.2, -0.15) is 0 Å². The van der Waals surface area contributed by atoms with Crippen molar-refractivity contribution in [2.75, 3.05) is 7.11 Å². The molecule has 0 atom stereocenters. The summed E-state index contributed by atoms with van der Waals surface area (Å²) >= 11 is 0. The molecule has 2 heterocycles. The summed E-state index contributed by atoms with van der Waals surface area (Å²) in [5, 5.41) is 10.8. The van der Waals surface area contributed by atoms with Gasteiger partial charge in [0, 0.05) is 18.4 Å². The van der Waals surface area contributed by atoms with Crippen LogP contribution in [0.25, 0.3) is 11.5 Å². The lowest BCUT2D eigenvalue weighted by Crippen LogP contribution is -2.22. The Kier molecular flexibility index (Phi) is 4.90. The molecule has 7 nitrogen and oxygen atoms in total. The van der Waals surface area contributed by atoms with Crippen LogP contribution >= 0.6 is 0 Å². The molecule has 0 unspecified atom stereocenters. The number of ether oxygens (including phenoxy) is 1. The van der Waals surface area contributed by atoms with Crippen molar-refractivity contribution >= 4 is 5.91 Å². The second-order valence-electron chi connectivity index (χ2n) is 5.09. The first-order valence-corrected chi connectivity index (χ1v) is 7.50. The average molecular weight is 327 g/mol. The van der Waals surface area contributed by atoms with E-state index in [2.05, 4.69) is 15.5 Å². The van der Waals surface area contributed by atoms with Gasteiger partial charge in [-0.15, -0.1) is 10.2 Å². The first kappa shape index (κ1) is 15.8. The van der Waals surface area contributed by atoms with Gasteiger partial charge in [0.25, 0.3) is 0 Å². The molecular weight excluding hydrogens is 310 g/mol. The number of hydrogen-bond acceptors (Lipinski definition) is 6. The van der Waals surface area contributed by atoms with Gasteiger partial charge < -0.3 is 18.9 Å². The predicted octanol–water partition coefficient (Wildman–Crippen LogP) is 2.59. The molecule has 124 valence electrons. The second kappa shape index (κ2) is 7.45. The Bertz CT molecular complexity index is 796. The van der Waals surface area contributed by atoms with Crippen LogP contribution in [0.1, 0.15) is 18.1 Å². The number of aromatic nitrogens is 2. The third kappa shape index (κ3) is 4.01. The highest BCUT2D eigenvalue weighted by Crippen LogP contribution is 2.22. The van der Waals surface area contributed by atoms with Crippen LogP contribution in [0.15, 0.2) is 51.5 Å². The number of nitrogens with one attached hydrogen (secondary N) is 1. The monoisotopic (exact) mass is 327 g/mol. The Morgan fingerprint density at radius 1 is 1.25 bits per heavy atom. The quantitative estimate of drug-likeness (QED) is 0.717. The van der Waals surface area contributed by atoms with Gasteiger partial charge in [0.2, 0.25) is 17.7 Å². The minimum atomic E-state index is -0.104. The number of amides is 1. The smallest absolute Gasteiger partial charge is 0.247 e. The Hall–Kier alpha value is -3.09. The SMILES string of the molecule is COc1cccc(-c2nnc(CCC(=O)NCc3ccco3)o2)c1. The molecule has 0 aliphatic rings. The summed E-state index contributed by atoms with van der Waals surface area (Å²) in [7, 11) is 1.60. The van der Waals surface area contributed by atoms with Crippen LogP contribution in [0, 0.1) is 0 Å². The maximum atomic E-state index is 11.8. The zero-order chi connectivity index (χ0) is 16.8. The van der Waals surface area contributed by atoms with E-state index in [0.29, 0.717) is 36.3 Å². The summed E-state index contributed by atoms with van der Waals surface area (Å²) in [5.41, 5.74) is 0.773. The van der Waals surface area contributed by atoms with E-state index in [9.17, 15) is 4.79 Å². The largest absolute Gasteiger partial charge is 0.497 e. The number of rotatable bonds is 7. The van der Waals surface area contributed by atoms with Crippen LogP contribution in [-0.4, -0.2) is 23.2 Å². The standard InChI is InChI=1S/C17H17N3O4/c1-22-13-5-2-4-12(10-13)17-20-19-16(24-17)8-7-15(21)18-11-14-6-3-9-23-14/h2-6,9-10H,7-8,11H2,1H3,(H,18,21). The van der Waals surface area contributed by atoms with Gasteiger partial charge in [-0.05, 0) is 30.3 Å². The fourth-order valence-electron chi connectivity index (χ4n) is 2.14. The molecule has 0 saturated heterocycles.